The smallest absolute Gasteiger partial charge is 0.150 e. The molecule has 2 N–H and O–H groups in total. The Morgan fingerprint density at radius 1 is 0.455 bits per heavy atom. The molecule has 0 atom stereocenters. The van der Waals surface area contributed by atoms with Crippen molar-refractivity contribution in [2.75, 3.05) is 0 Å². The largest absolute Gasteiger partial charge is 0.505 e. The summed E-state index contributed by atoms with van der Waals surface area (Å²) in [5.74, 6) is 0.741. The van der Waals surface area contributed by atoms with Crippen LogP contribution >= 0.6 is 0 Å². The third-order valence-corrected chi connectivity index (χ3v) is 13.2. The summed E-state index contributed by atoms with van der Waals surface area (Å²) >= 11 is 0. The zero-order chi connectivity index (χ0) is 39.4. The van der Waals surface area contributed by atoms with Gasteiger partial charge in [0.1, 0.15) is 92.1 Å². The number of phenols is 2. The van der Waals surface area contributed by atoms with Crippen molar-refractivity contribution in [2.24, 2.45) is 0 Å². The zero-order valence-corrected chi connectivity index (χ0v) is 34.2. The van der Waals surface area contributed by atoms with Crippen molar-refractivity contribution >= 4 is 179 Å². The van der Waals surface area contributed by atoms with Gasteiger partial charge in [0.05, 0.1) is 16.7 Å². The standard InChI is InChI=1S/C40H39B11N2O2/c1-14-52-18-10-3-5-12-20(18)53(14)19-11-4-2-9-17(19)23-26-24(30(43)36(49)37(50)31(26)44)21(25-27(23)33(46)40(55)39(54)32(25)45)15-7-6-8-16(13-15)22-28(41)34(47)38(51)35(48)29(22)42/h2-13,54-55H,41-51H2,1H3. The minimum absolute atomic E-state index is 0.0767. The second-order valence-corrected chi connectivity index (χ2v) is 15.8. The second kappa shape index (κ2) is 13.3. The van der Waals surface area contributed by atoms with E-state index in [0.717, 1.165) is 61.0 Å². The summed E-state index contributed by atoms with van der Waals surface area (Å²) in [7, 11) is 24.0. The van der Waals surface area contributed by atoms with Crippen molar-refractivity contribution in [1.82, 2.24) is 9.55 Å². The molecule has 0 fully saturated rings. The minimum atomic E-state index is -0.0814. The maximum Gasteiger partial charge on any atom is 0.150 e. The van der Waals surface area contributed by atoms with Gasteiger partial charge in [-0.25, -0.2) is 4.98 Å². The minimum Gasteiger partial charge on any atom is -0.505 e. The highest BCUT2D eigenvalue weighted by atomic mass is 16.3. The first-order chi connectivity index (χ1) is 26.2. The number of aryl methyl sites for hydroxylation is 1. The molecule has 254 valence electrons. The molecule has 8 rings (SSSR count). The van der Waals surface area contributed by atoms with Gasteiger partial charge in [-0.15, -0.1) is 27.3 Å². The van der Waals surface area contributed by atoms with E-state index < -0.39 is 0 Å². The molecule has 7 aromatic carbocycles. The van der Waals surface area contributed by atoms with Gasteiger partial charge in [-0.1, -0.05) is 70.4 Å². The van der Waals surface area contributed by atoms with Gasteiger partial charge in [0.2, 0.25) is 0 Å². The summed E-state index contributed by atoms with van der Waals surface area (Å²) < 4.78 is 2.25. The highest BCUT2D eigenvalue weighted by Crippen LogP contribution is 2.45. The Balaban J connectivity index is 1.61. The fourth-order valence-electron chi connectivity index (χ4n) is 9.43. The quantitative estimate of drug-likeness (QED) is 0.109. The molecule has 0 bridgehead atoms. The second-order valence-electron chi connectivity index (χ2n) is 15.8. The molecular formula is C40H39B11N2O2. The van der Waals surface area contributed by atoms with Crippen molar-refractivity contribution in [1.29, 1.82) is 0 Å². The normalized spacial score (nSPS) is 11.6. The molecule has 1 aromatic heterocycles. The number of rotatable bonds is 4. The van der Waals surface area contributed by atoms with E-state index in [0.29, 0.717) is 10.9 Å². The Labute approximate surface area is 333 Å². The maximum atomic E-state index is 11.7. The number of imidazole rings is 1. The van der Waals surface area contributed by atoms with Crippen LogP contribution < -0.4 is 60.1 Å². The van der Waals surface area contributed by atoms with E-state index in [1.807, 2.05) is 21.8 Å². The van der Waals surface area contributed by atoms with Crippen LogP contribution in [0.25, 0.3) is 71.6 Å². The number of benzene rings is 7. The first-order valence-electron chi connectivity index (χ1n) is 19.3. The summed E-state index contributed by atoms with van der Waals surface area (Å²) in [5.41, 5.74) is 22.5. The number of para-hydroxylation sites is 3. The van der Waals surface area contributed by atoms with Gasteiger partial charge in [0.15, 0.2) is 11.5 Å². The molecule has 0 aliphatic carbocycles. The van der Waals surface area contributed by atoms with Gasteiger partial charge >= 0.3 is 0 Å². The molecule has 15 heteroatoms. The molecule has 0 amide bonds. The van der Waals surface area contributed by atoms with E-state index in [2.05, 4.69) is 149 Å². The Morgan fingerprint density at radius 2 is 0.909 bits per heavy atom. The van der Waals surface area contributed by atoms with Gasteiger partial charge in [-0.3, -0.25) is 4.57 Å². The first kappa shape index (κ1) is 36.8. The number of nitrogens with zero attached hydrogens (tertiary/aromatic N) is 2. The molecule has 1 heterocycles. The fraction of sp³-hybridized carbons (Fsp3) is 0.0250. The van der Waals surface area contributed by atoms with E-state index in [9.17, 15) is 10.2 Å². The Hall–Kier alpha value is -5.16. The van der Waals surface area contributed by atoms with Crippen LogP contribution in [0.4, 0.5) is 0 Å². The van der Waals surface area contributed by atoms with Crippen molar-refractivity contribution < 1.29 is 10.2 Å². The predicted octanol–water partition coefficient (Wildman–Crippen LogP) is -9.11. The molecule has 0 saturated heterocycles. The fourth-order valence-corrected chi connectivity index (χ4v) is 9.43. The van der Waals surface area contributed by atoms with E-state index in [-0.39, 0.29) is 11.5 Å². The van der Waals surface area contributed by atoms with E-state index in [1.165, 1.54) is 65.7 Å². The number of hydrogen-bond donors (Lipinski definition) is 2. The number of fused-ring (bicyclic) bond motifs is 3. The molecule has 0 aliphatic heterocycles. The van der Waals surface area contributed by atoms with Crippen LogP contribution in [0, 0.1) is 6.92 Å². The monoisotopic (exact) mass is 700 g/mol. The number of hydrogen-bond acceptors (Lipinski definition) is 3. The third kappa shape index (κ3) is 5.25. The van der Waals surface area contributed by atoms with Gasteiger partial charge in [0, 0.05) is 5.56 Å². The van der Waals surface area contributed by atoms with Crippen LogP contribution in [0.1, 0.15) is 5.82 Å². The molecule has 0 spiro atoms. The van der Waals surface area contributed by atoms with Gasteiger partial charge in [-0.05, 0) is 91.5 Å². The summed E-state index contributed by atoms with van der Waals surface area (Å²) in [6, 6.07) is 25.8. The van der Waals surface area contributed by atoms with Gasteiger partial charge in [0.25, 0.3) is 0 Å². The molecule has 4 nitrogen and oxygen atoms in total. The average Bonchev–Trinajstić information content (AvgIpc) is 3.53. The van der Waals surface area contributed by atoms with E-state index >= 15 is 0 Å². The van der Waals surface area contributed by atoms with E-state index in [1.54, 1.807) is 0 Å². The Bertz CT molecular complexity index is 2890. The lowest BCUT2D eigenvalue weighted by atomic mass is 9.59. The summed E-state index contributed by atoms with van der Waals surface area (Å²) in [6.45, 7) is 2.06. The first-order valence-corrected chi connectivity index (χ1v) is 19.3. The number of aromatic nitrogens is 2. The van der Waals surface area contributed by atoms with Crippen LogP contribution in [0.5, 0.6) is 11.5 Å². The van der Waals surface area contributed by atoms with E-state index in [4.69, 9.17) is 4.98 Å². The Morgan fingerprint density at radius 3 is 1.53 bits per heavy atom. The number of phenolic OH excluding ortho intramolecular Hbond substituents is 2. The lowest BCUT2D eigenvalue weighted by Crippen LogP contribution is -2.55. The molecule has 55 heavy (non-hydrogen) atoms. The lowest BCUT2D eigenvalue weighted by Gasteiger charge is -2.28. The average molecular weight is 699 g/mol. The van der Waals surface area contributed by atoms with Crippen molar-refractivity contribution in [3.05, 3.63) is 78.6 Å². The molecule has 0 radical (unpaired) electrons. The zero-order valence-electron chi connectivity index (χ0n) is 34.2. The molecular weight excluding hydrogens is 659 g/mol. The summed E-state index contributed by atoms with van der Waals surface area (Å²) in [6.07, 6.45) is 0. The third-order valence-electron chi connectivity index (χ3n) is 13.2. The molecule has 8 aromatic rings. The Kier molecular flexibility index (Phi) is 8.87. The molecule has 0 saturated carbocycles. The molecule has 0 aliphatic rings. The SMILES string of the molecule is Bc1c(B)c(B)c(-c2cccc(-c3c4c(B)c(B)c(B)c(B)c4c(-c4ccccc4-n4c(C)nc5ccccc54)c4c(B)c(O)c(O)c(B)c34)c2)c(B)c1B. The highest BCUT2D eigenvalue weighted by Gasteiger charge is 2.28. The van der Waals surface area contributed by atoms with Gasteiger partial charge < -0.3 is 10.2 Å². The summed E-state index contributed by atoms with van der Waals surface area (Å²) in [5, 5.41) is 27.6. The molecule has 0 unspecified atom stereocenters. The van der Waals surface area contributed by atoms with Crippen molar-refractivity contribution in [3.8, 4) is 50.6 Å². The van der Waals surface area contributed by atoms with Crippen molar-refractivity contribution in [3.63, 3.8) is 0 Å². The summed E-state index contributed by atoms with van der Waals surface area (Å²) in [4.78, 5) is 4.97. The van der Waals surface area contributed by atoms with Crippen LogP contribution in [0.2, 0.25) is 0 Å². The number of aromatic hydroxyl groups is 2. The van der Waals surface area contributed by atoms with Crippen molar-refractivity contribution in [2.45, 2.75) is 6.92 Å². The topological polar surface area (TPSA) is 58.3 Å². The highest BCUT2D eigenvalue weighted by molar-refractivity contribution is 6.70. The lowest BCUT2D eigenvalue weighted by molar-refractivity contribution is 0.410. The maximum absolute atomic E-state index is 11.7. The van der Waals surface area contributed by atoms with Crippen LogP contribution in [-0.2, 0) is 0 Å². The van der Waals surface area contributed by atoms with Crippen LogP contribution in [0.15, 0.2) is 72.8 Å². The van der Waals surface area contributed by atoms with Crippen LogP contribution in [0.3, 0.4) is 0 Å². The predicted molar refractivity (Wildman–Crippen MR) is 270 cm³/mol. The van der Waals surface area contributed by atoms with Crippen LogP contribution in [-0.4, -0.2) is 106 Å². The van der Waals surface area contributed by atoms with Gasteiger partial charge in [-0.2, -0.15) is 0 Å².